The highest BCUT2D eigenvalue weighted by Gasteiger charge is 2.30. The molecule has 0 radical (unpaired) electrons. The number of carbonyl (C=O) groups is 2. The van der Waals surface area contributed by atoms with Crippen LogP contribution in [-0.2, 0) is 22.3 Å². The monoisotopic (exact) mass is 528 g/mol. The lowest BCUT2D eigenvalue weighted by Crippen LogP contribution is -2.15. The van der Waals surface area contributed by atoms with Gasteiger partial charge in [-0.25, -0.2) is 4.79 Å². The Hall–Kier alpha value is -4.10. The second-order valence-electron chi connectivity index (χ2n) is 8.22. The quantitative estimate of drug-likeness (QED) is 0.197. The average Bonchev–Trinajstić information content (AvgIpc) is 3.30. The number of alkyl halides is 3. The summed E-state index contributed by atoms with van der Waals surface area (Å²) in [5, 5.41) is 12.4. The maximum atomic E-state index is 12.9. The number of esters is 1. The molecule has 0 bridgehead atoms. The molecule has 6 nitrogen and oxygen atoms in total. The number of nitriles is 1. The number of hydrogen-bond acceptors (Lipinski definition) is 6. The molecule has 192 valence electrons. The third kappa shape index (κ3) is 7.21. The zero-order valence-corrected chi connectivity index (χ0v) is 21.0. The lowest BCUT2D eigenvalue weighted by atomic mass is 10.1. The number of thiophene rings is 1. The summed E-state index contributed by atoms with van der Waals surface area (Å²) >= 11 is 1.23. The van der Waals surface area contributed by atoms with Crippen molar-refractivity contribution >= 4 is 34.3 Å². The molecule has 1 N–H and O–H groups in total. The van der Waals surface area contributed by atoms with Gasteiger partial charge < -0.3 is 14.8 Å². The Morgan fingerprint density at radius 3 is 2.43 bits per heavy atom. The van der Waals surface area contributed by atoms with Crippen LogP contribution in [0.1, 0.15) is 51.7 Å². The molecule has 0 fully saturated rings. The molecule has 0 unspecified atom stereocenters. The molecule has 1 amide bonds. The summed E-state index contributed by atoms with van der Waals surface area (Å²) in [4.78, 5) is 25.7. The van der Waals surface area contributed by atoms with Crippen LogP contribution in [0.3, 0.4) is 0 Å². The van der Waals surface area contributed by atoms with E-state index in [1.54, 1.807) is 30.3 Å². The molecule has 0 spiro atoms. The summed E-state index contributed by atoms with van der Waals surface area (Å²) in [7, 11) is 1.24. The molecule has 0 aliphatic rings. The highest BCUT2D eigenvalue weighted by Crippen LogP contribution is 2.34. The summed E-state index contributed by atoms with van der Waals surface area (Å²) in [6, 6.07) is 14.8. The van der Waals surface area contributed by atoms with Gasteiger partial charge in [-0.05, 0) is 53.5 Å². The van der Waals surface area contributed by atoms with Gasteiger partial charge in [0.25, 0.3) is 5.91 Å². The van der Waals surface area contributed by atoms with Crippen molar-refractivity contribution in [3.8, 4) is 11.8 Å². The molecule has 0 aliphatic heterocycles. The van der Waals surface area contributed by atoms with Gasteiger partial charge in [0, 0.05) is 4.88 Å². The third-order valence-corrected chi connectivity index (χ3v) is 6.52. The molecule has 1 aromatic heterocycles. The zero-order valence-electron chi connectivity index (χ0n) is 20.2. The van der Waals surface area contributed by atoms with Crippen molar-refractivity contribution in [2.24, 2.45) is 0 Å². The highest BCUT2D eigenvalue weighted by molar-refractivity contribution is 7.16. The number of benzene rings is 2. The van der Waals surface area contributed by atoms with E-state index < -0.39 is 23.6 Å². The average molecular weight is 529 g/mol. The predicted molar refractivity (Wildman–Crippen MR) is 134 cm³/mol. The van der Waals surface area contributed by atoms with Crippen LogP contribution in [0.15, 0.2) is 60.2 Å². The first-order chi connectivity index (χ1) is 17.5. The van der Waals surface area contributed by atoms with Crippen LogP contribution in [-0.4, -0.2) is 19.0 Å². The van der Waals surface area contributed by atoms with Crippen LogP contribution in [0.2, 0.25) is 0 Å². The van der Waals surface area contributed by atoms with E-state index in [0.29, 0.717) is 21.9 Å². The SMILES string of the molecule is COC(=O)c1cc(C(C)C)sc1NC(=O)C(C#N)=Cc1ccc(OCc2cccc(C(F)(F)F)c2)cc1. The van der Waals surface area contributed by atoms with E-state index >= 15 is 0 Å². The van der Waals surface area contributed by atoms with Gasteiger partial charge >= 0.3 is 12.1 Å². The van der Waals surface area contributed by atoms with Crippen molar-refractivity contribution < 1.29 is 32.2 Å². The van der Waals surface area contributed by atoms with Crippen molar-refractivity contribution in [3.63, 3.8) is 0 Å². The largest absolute Gasteiger partial charge is 0.489 e. The predicted octanol–water partition coefficient (Wildman–Crippen LogP) is 6.80. The van der Waals surface area contributed by atoms with Crippen molar-refractivity contribution in [2.75, 3.05) is 12.4 Å². The fraction of sp³-hybridized carbons (Fsp3) is 0.222. The van der Waals surface area contributed by atoms with Gasteiger partial charge in [-0.3, -0.25) is 4.79 Å². The van der Waals surface area contributed by atoms with Crippen molar-refractivity contribution in [1.82, 2.24) is 0 Å². The Labute approximate surface area is 215 Å². The molecule has 0 atom stereocenters. The van der Waals surface area contributed by atoms with Crippen LogP contribution in [0, 0.1) is 11.3 Å². The molecule has 0 saturated heterocycles. The molecule has 3 rings (SSSR count). The van der Waals surface area contributed by atoms with Gasteiger partial charge in [-0.15, -0.1) is 11.3 Å². The number of nitrogens with zero attached hydrogens (tertiary/aromatic N) is 1. The van der Waals surface area contributed by atoms with E-state index in [0.717, 1.165) is 17.0 Å². The van der Waals surface area contributed by atoms with Crippen molar-refractivity contribution in [1.29, 1.82) is 5.26 Å². The first-order valence-electron chi connectivity index (χ1n) is 11.1. The first kappa shape index (κ1) is 27.5. The number of methoxy groups -OCH3 is 1. The minimum absolute atomic E-state index is 0.0628. The van der Waals surface area contributed by atoms with Gasteiger partial charge in [-0.1, -0.05) is 38.1 Å². The molecule has 0 aliphatic carbocycles. The molecular weight excluding hydrogens is 505 g/mol. The van der Waals surface area contributed by atoms with Crippen LogP contribution >= 0.6 is 11.3 Å². The molecule has 0 saturated carbocycles. The molecule has 1 heterocycles. The molecule has 37 heavy (non-hydrogen) atoms. The topological polar surface area (TPSA) is 88.4 Å². The van der Waals surface area contributed by atoms with E-state index in [4.69, 9.17) is 9.47 Å². The molecule has 2 aromatic carbocycles. The summed E-state index contributed by atoms with van der Waals surface area (Å²) in [6.07, 6.45) is -3.06. The lowest BCUT2D eigenvalue weighted by molar-refractivity contribution is -0.137. The normalized spacial score (nSPS) is 11.7. The van der Waals surface area contributed by atoms with Crippen LogP contribution < -0.4 is 10.1 Å². The summed E-state index contributed by atoms with van der Waals surface area (Å²) in [5.41, 5.74) is 0.165. The fourth-order valence-electron chi connectivity index (χ4n) is 3.20. The van der Waals surface area contributed by atoms with Crippen LogP contribution in [0.4, 0.5) is 18.2 Å². The molecule has 10 heteroatoms. The molecule has 3 aromatic rings. The summed E-state index contributed by atoms with van der Waals surface area (Å²) < 4.78 is 49.0. The third-order valence-electron chi connectivity index (χ3n) is 5.17. The maximum absolute atomic E-state index is 12.9. The van der Waals surface area contributed by atoms with Gasteiger partial charge in [0.1, 0.15) is 29.0 Å². The maximum Gasteiger partial charge on any atom is 0.416 e. The van der Waals surface area contributed by atoms with E-state index in [2.05, 4.69) is 5.32 Å². The molecular formula is C27H23F3N2O4S. The van der Waals surface area contributed by atoms with Gasteiger partial charge in [0.15, 0.2) is 0 Å². The highest BCUT2D eigenvalue weighted by atomic mass is 32.1. The van der Waals surface area contributed by atoms with Crippen molar-refractivity contribution in [2.45, 2.75) is 32.5 Å². The number of halogens is 3. The second-order valence-corrected chi connectivity index (χ2v) is 9.30. The lowest BCUT2D eigenvalue weighted by Gasteiger charge is -2.10. The Morgan fingerprint density at radius 2 is 1.84 bits per heavy atom. The van der Waals surface area contributed by atoms with Gasteiger partial charge in [-0.2, -0.15) is 18.4 Å². The number of rotatable bonds is 8. The first-order valence-corrected chi connectivity index (χ1v) is 11.9. The number of hydrogen-bond donors (Lipinski definition) is 1. The minimum Gasteiger partial charge on any atom is -0.489 e. The van der Waals surface area contributed by atoms with Gasteiger partial charge in [0.05, 0.1) is 18.2 Å². The summed E-state index contributed by atoms with van der Waals surface area (Å²) in [5.74, 6) is -0.754. The van der Waals surface area contributed by atoms with Crippen LogP contribution in [0.25, 0.3) is 6.08 Å². The van der Waals surface area contributed by atoms with E-state index in [1.807, 2.05) is 19.9 Å². The fourth-order valence-corrected chi connectivity index (χ4v) is 4.24. The number of anilines is 1. The van der Waals surface area contributed by atoms with Crippen LogP contribution in [0.5, 0.6) is 5.75 Å². The number of ether oxygens (including phenoxy) is 2. The Balaban J connectivity index is 1.70. The summed E-state index contributed by atoms with van der Waals surface area (Å²) in [6.45, 7) is 3.84. The Morgan fingerprint density at radius 1 is 1.14 bits per heavy atom. The minimum atomic E-state index is -4.43. The number of nitrogens with one attached hydrogen (secondary N) is 1. The van der Waals surface area contributed by atoms with Crippen molar-refractivity contribution in [3.05, 3.63) is 87.3 Å². The Kier molecular flexibility index (Phi) is 8.73. The second kappa shape index (κ2) is 11.8. The van der Waals surface area contributed by atoms with E-state index in [9.17, 15) is 28.0 Å². The van der Waals surface area contributed by atoms with E-state index in [1.165, 1.54) is 36.7 Å². The number of amides is 1. The zero-order chi connectivity index (χ0) is 27.2. The standard InChI is InChI=1S/C27H23F3N2O4S/c1-16(2)23-13-22(26(34)35-3)25(37-23)32-24(33)19(14-31)11-17-7-9-21(10-8-17)36-15-18-5-4-6-20(12-18)27(28,29)30/h4-13,16H,15H2,1-3H3,(H,32,33). The smallest absolute Gasteiger partial charge is 0.416 e. The van der Waals surface area contributed by atoms with Gasteiger partial charge in [0.2, 0.25) is 0 Å². The Bertz CT molecular complexity index is 1350. The number of carbonyl (C=O) groups excluding carboxylic acids is 2. The van der Waals surface area contributed by atoms with E-state index in [-0.39, 0.29) is 23.7 Å².